The molecule has 0 saturated carbocycles. The second-order valence-corrected chi connectivity index (χ2v) is 4.81. The first-order valence-corrected chi connectivity index (χ1v) is 6.62. The van der Waals surface area contributed by atoms with Crippen LogP contribution in [0.3, 0.4) is 0 Å². The molecule has 0 saturated heterocycles. The first-order valence-electron chi connectivity index (χ1n) is 6.62. The number of H-pyrrole nitrogens is 1. The fourth-order valence-electron chi connectivity index (χ4n) is 2.37. The number of para-hydroxylation sites is 1. The lowest BCUT2D eigenvalue weighted by Crippen LogP contribution is -2.07. The molecule has 2 N–H and O–H groups in total. The Morgan fingerprint density at radius 3 is 2.40 bits per heavy atom. The lowest BCUT2D eigenvalue weighted by atomic mass is 10.1. The topological polar surface area (TPSA) is 53.1 Å². The van der Waals surface area contributed by atoms with Gasteiger partial charge in [0.1, 0.15) is 0 Å². The van der Waals surface area contributed by atoms with Gasteiger partial charge in [0.15, 0.2) is 5.75 Å². The van der Waals surface area contributed by atoms with Gasteiger partial charge in [-0.25, -0.2) is 0 Å². The highest BCUT2D eigenvalue weighted by Crippen LogP contribution is 2.17. The molecule has 1 heterocycles. The van der Waals surface area contributed by atoms with Gasteiger partial charge >= 0.3 is 0 Å². The molecule has 0 aliphatic heterocycles. The van der Waals surface area contributed by atoms with Crippen molar-refractivity contribution in [1.82, 2.24) is 4.98 Å². The summed E-state index contributed by atoms with van der Waals surface area (Å²) in [5.74, 6) is -0.167. The number of rotatable bonds is 3. The smallest absolute Gasteiger partial charge is 0.231 e. The Labute approximate surface area is 116 Å². The molecule has 1 aromatic heterocycles. The zero-order valence-electron chi connectivity index (χ0n) is 11.0. The van der Waals surface area contributed by atoms with Crippen LogP contribution < -0.4 is 5.43 Å². The Bertz CT molecular complexity index is 791. The highest BCUT2D eigenvalue weighted by molar-refractivity contribution is 5.80. The molecule has 0 aliphatic rings. The van der Waals surface area contributed by atoms with Crippen molar-refractivity contribution >= 4 is 10.9 Å². The van der Waals surface area contributed by atoms with E-state index in [0.717, 1.165) is 11.9 Å². The van der Waals surface area contributed by atoms with Crippen LogP contribution in [0.5, 0.6) is 5.75 Å². The summed E-state index contributed by atoms with van der Waals surface area (Å²) in [6.07, 6.45) is 1.39. The van der Waals surface area contributed by atoms with Gasteiger partial charge in [0.05, 0.1) is 5.69 Å². The minimum Gasteiger partial charge on any atom is -0.503 e. The molecule has 3 heteroatoms. The molecule has 3 nitrogen and oxygen atoms in total. The predicted octanol–water partition coefficient (Wildman–Crippen LogP) is 3.02. The molecule has 3 rings (SSSR count). The van der Waals surface area contributed by atoms with Gasteiger partial charge in [0, 0.05) is 10.9 Å². The maximum Gasteiger partial charge on any atom is 0.231 e. The minimum atomic E-state index is -0.303. The molecule has 0 fully saturated rings. The van der Waals surface area contributed by atoms with Crippen LogP contribution >= 0.6 is 0 Å². The highest BCUT2D eigenvalue weighted by Gasteiger charge is 2.10. The Balaban J connectivity index is 1.96. The summed E-state index contributed by atoms with van der Waals surface area (Å²) in [5, 5.41) is 10.6. The number of benzene rings is 2. The Kier molecular flexibility index (Phi) is 3.25. The van der Waals surface area contributed by atoms with Crippen LogP contribution in [0.1, 0.15) is 11.3 Å². The highest BCUT2D eigenvalue weighted by atomic mass is 16.3. The van der Waals surface area contributed by atoms with E-state index in [-0.39, 0.29) is 11.2 Å². The number of pyridine rings is 1. The molecular formula is C17H15NO2. The molecule has 100 valence electrons. The van der Waals surface area contributed by atoms with Gasteiger partial charge in [-0.15, -0.1) is 0 Å². The van der Waals surface area contributed by atoms with Gasteiger partial charge in [-0.2, -0.15) is 0 Å². The van der Waals surface area contributed by atoms with Crippen molar-refractivity contribution in [2.75, 3.05) is 0 Å². The molecule has 3 aromatic rings. The second-order valence-electron chi connectivity index (χ2n) is 4.81. The van der Waals surface area contributed by atoms with Crippen molar-refractivity contribution in [3.8, 4) is 5.75 Å². The quantitative estimate of drug-likeness (QED) is 0.764. The number of hydrogen-bond acceptors (Lipinski definition) is 2. The third kappa shape index (κ3) is 2.30. The maximum atomic E-state index is 12.1. The molecule has 0 amide bonds. The minimum absolute atomic E-state index is 0.167. The molecule has 0 atom stereocenters. The van der Waals surface area contributed by atoms with Gasteiger partial charge < -0.3 is 10.1 Å². The van der Waals surface area contributed by atoms with Crippen LogP contribution in [-0.4, -0.2) is 10.1 Å². The van der Waals surface area contributed by atoms with Crippen LogP contribution in [0.2, 0.25) is 0 Å². The predicted molar refractivity (Wildman–Crippen MR) is 80.1 cm³/mol. The average Bonchev–Trinajstić information content (AvgIpc) is 2.50. The molecule has 0 aliphatic carbocycles. The SMILES string of the molecule is O=c1c(O)c(CCc2ccccc2)[nH]c2ccccc12. The van der Waals surface area contributed by atoms with E-state index in [1.807, 2.05) is 42.5 Å². The van der Waals surface area contributed by atoms with Crippen molar-refractivity contribution in [3.63, 3.8) is 0 Å². The number of aromatic amines is 1. The summed E-state index contributed by atoms with van der Waals surface area (Å²) in [5.41, 5.74) is 2.24. The van der Waals surface area contributed by atoms with E-state index in [1.54, 1.807) is 12.1 Å². The number of aromatic hydroxyl groups is 1. The molecule has 0 unspecified atom stereocenters. The third-order valence-corrected chi connectivity index (χ3v) is 3.46. The van der Waals surface area contributed by atoms with Crippen molar-refractivity contribution in [3.05, 3.63) is 76.1 Å². The van der Waals surface area contributed by atoms with Gasteiger partial charge in [-0.3, -0.25) is 4.79 Å². The first kappa shape index (κ1) is 12.5. The van der Waals surface area contributed by atoms with Crippen molar-refractivity contribution in [1.29, 1.82) is 0 Å². The normalized spacial score (nSPS) is 10.8. The van der Waals surface area contributed by atoms with Crippen LogP contribution in [0, 0.1) is 0 Å². The summed E-state index contributed by atoms with van der Waals surface area (Å²) in [6, 6.07) is 17.2. The molecule has 20 heavy (non-hydrogen) atoms. The monoisotopic (exact) mass is 265 g/mol. The van der Waals surface area contributed by atoms with Crippen molar-refractivity contribution in [2.24, 2.45) is 0 Å². The fraction of sp³-hybridized carbons (Fsp3) is 0.118. The van der Waals surface area contributed by atoms with E-state index in [2.05, 4.69) is 4.98 Å². The summed E-state index contributed by atoms with van der Waals surface area (Å²) in [7, 11) is 0. The molecule has 0 spiro atoms. The second kappa shape index (κ2) is 5.21. The van der Waals surface area contributed by atoms with E-state index < -0.39 is 0 Å². The standard InChI is InChI=1S/C17H15NO2/c19-16-13-8-4-5-9-14(13)18-15(17(16)20)11-10-12-6-2-1-3-7-12/h1-9,20H,10-11H2,(H,18,19). The zero-order chi connectivity index (χ0) is 13.9. The molecule has 2 aromatic carbocycles. The van der Waals surface area contributed by atoms with Gasteiger partial charge in [-0.1, -0.05) is 42.5 Å². The number of aromatic nitrogens is 1. The Hall–Kier alpha value is -2.55. The van der Waals surface area contributed by atoms with E-state index in [4.69, 9.17) is 0 Å². The number of hydrogen-bond donors (Lipinski definition) is 2. The van der Waals surface area contributed by atoms with E-state index in [0.29, 0.717) is 17.5 Å². The van der Waals surface area contributed by atoms with Crippen LogP contribution in [-0.2, 0) is 12.8 Å². The van der Waals surface area contributed by atoms with Crippen LogP contribution in [0.4, 0.5) is 0 Å². The third-order valence-electron chi connectivity index (χ3n) is 3.46. The average molecular weight is 265 g/mol. The Morgan fingerprint density at radius 2 is 1.60 bits per heavy atom. The Morgan fingerprint density at radius 1 is 0.900 bits per heavy atom. The van der Waals surface area contributed by atoms with E-state index in [9.17, 15) is 9.90 Å². The van der Waals surface area contributed by atoms with E-state index in [1.165, 1.54) is 5.56 Å². The molecule has 0 bridgehead atoms. The fourth-order valence-corrected chi connectivity index (χ4v) is 2.37. The van der Waals surface area contributed by atoms with Crippen LogP contribution in [0.25, 0.3) is 10.9 Å². The summed E-state index contributed by atoms with van der Waals surface area (Å²) in [6.45, 7) is 0. The molecule has 0 radical (unpaired) electrons. The van der Waals surface area contributed by atoms with Gasteiger partial charge in [0.2, 0.25) is 5.43 Å². The van der Waals surface area contributed by atoms with Gasteiger partial charge in [0.25, 0.3) is 0 Å². The number of fused-ring (bicyclic) bond motifs is 1. The first-order chi connectivity index (χ1) is 9.75. The van der Waals surface area contributed by atoms with E-state index >= 15 is 0 Å². The van der Waals surface area contributed by atoms with Gasteiger partial charge in [-0.05, 0) is 30.5 Å². The molecular weight excluding hydrogens is 250 g/mol. The largest absolute Gasteiger partial charge is 0.503 e. The van der Waals surface area contributed by atoms with Crippen molar-refractivity contribution in [2.45, 2.75) is 12.8 Å². The number of aryl methyl sites for hydroxylation is 2. The summed E-state index contributed by atoms with van der Waals surface area (Å²) in [4.78, 5) is 15.2. The van der Waals surface area contributed by atoms with Crippen molar-refractivity contribution < 1.29 is 5.11 Å². The summed E-state index contributed by atoms with van der Waals surface area (Å²) >= 11 is 0. The van der Waals surface area contributed by atoms with Crippen LogP contribution in [0.15, 0.2) is 59.4 Å². The maximum absolute atomic E-state index is 12.1. The zero-order valence-corrected chi connectivity index (χ0v) is 11.0. The number of nitrogens with one attached hydrogen (secondary N) is 1. The summed E-state index contributed by atoms with van der Waals surface area (Å²) < 4.78 is 0. The lowest BCUT2D eigenvalue weighted by Gasteiger charge is -2.07. The lowest BCUT2D eigenvalue weighted by molar-refractivity contribution is 0.460.